The number of benzene rings is 2. The van der Waals surface area contributed by atoms with Crippen molar-refractivity contribution in [1.29, 1.82) is 0 Å². The Balaban J connectivity index is 1.57. The van der Waals surface area contributed by atoms with Crippen LogP contribution in [0, 0.1) is 11.6 Å². The molecule has 154 valence electrons. The molecule has 3 heterocycles. The fourth-order valence-electron chi connectivity index (χ4n) is 4.29. The van der Waals surface area contributed by atoms with E-state index in [0.717, 1.165) is 31.3 Å². The standard InChI is InChI=1S/C22H21F2N5O/c23-16-9-13(10-17(24)15(16)12-28-7-3-4-8-28)11-29-20-14-5-1-2-6-18(14)26-21(25)19(20)27-22(29)30/h1-2,5-6,9-10H,3-4,7-8,11-12H2,(H2,25,26)(H,27,30). The molecule has 4 aromatic rings. The van der Waals surface area contributed by atoms with Gasteiger partial charge >= 0.3 is 5.69 Å². The predicted molar refractivity (Wildman–Crippen MR) is 112 cm³/mol. The van der Waals surface area contributed by atoms with Crippen molar-refractivity contribution in [2.45, 2.75) is 25.9 Å². The number of halogens is 2. The molecule has 1 aliphatic heterocycles. The van der Waals surface area contributed by atoms with Gasteiger partial charge in [0.05, 0.1) is 17.6 Å². The van der Waals surface area contributed by atoms with Crippen LogP contribution in [0.4, 0.5) is 14.6 Å². The van der Waals surface area contributed by atoms with E-state index in [4.69, 9.17) is 5.73 Å². The lowest BCUT2D eigenvalue weighted by molar-refractivity contribution is 0.318. The number of nitrogens with zero attached hydrogens (tertiary/aromatic N) is 3. The summed E-state index contributed by atoms with van der Waals surface area (Å²) in [5, 5.41) is 0.742. The van der Waals surface area contributed by atoms with Gasteiger partial charge in [0.25, 0.3) is 0 Å². The van der Waals surface area contributed by atoms with Gasteiger partial charge < -0.3 is 10.7 Å². The molecule has 5 rings (SSSR count). The van der Waals surface area contributed by atoms with Crippen LogP contribution >= 0.6 is 0 Å². The second-order valence-corrected chi connectivity index (χ2v) is 7.78. The number of pyridine rings is 1. The zero-order valence-electron chi connectivity index (χ0n) is 16.3. The number of imidazole rings is 1. The third-order valence-corrected chi connectivity index (χ3v) is 5.76. The van der Waals surface area contributed by atoms with Gasteiger partial charge in [-0.25, -0.2) is 18.6 Å². The lowest BCUT2D eigenvalue weighted by Crippen LogP contribution is -2.21. The molecule has 2 aromatic heterocycles. The van der Waals surface area contributed by atoms with Crippen LogP contribution in [0.2, 0.25) is 0 Å². The van der Waals surface area contributed by atoms with Gasteiger partial charge in [-0.3, -0.25) is 9.47 Å². The van der Waals surface area contributed by atoms with Crippen molar-refractivity contribution in [2.75, 3.05) is 18.8 Å². The van der Waals surface area contributed by atoms with E-state index in [0.29, 0.717) is 22.1 Å². The first kappa shape index (κ1) is 18.7. The summed E-state index contributed by atoms with van der Waals surface area (Å²) in [6, 6.07) is 9.94. The van der Waals surface area contributed by atoms with Gasteiger partial charge in [0.15, 0.2) is 0 Å². The molecule has 30 heavy (non-hydrogen) atoms. The van der Waals surface area contributed by atoms with Crippen LogP contribution in [-0.4, -0.2) is 32.5 Å². The fraction of sp³-hybridized carbons (Fsp3) is 0.273. The van der Waals surface area contributed by atoms with Crippen LogP contribution in [0.15, 0.2) is 41.2 Å². The SMILES string of the molecule is Nc1nc2ccccc2c2c1[nH]c(=O)n2Cc1cc(F)c(CN2CCCC2)c(F)c1. The van der Waals surface area contributed by atoms with E-state index < -0.39 is 17.3 Å². The van der Waals surface area contributed by atoms with E-state index in [1.165, 1.54) is 16.7 Å². The maximum Gasteiger partial charge on any atom is 0.326 e. The first-order valence-electron chi connectivity index (χ1n) is 9.97. The average Bonchev–Trinajstić information content (AvgIpc) is 3.34. The summed E-state index contributed by atoms with van der Waals surface area (Å²) < 4.78 is 30.9. The van der Waals surface area contributed by atoms with Crippen molar-refractivity contribution in [3.63, 3.8) is 0 Å². The molecule has 0 amide bonds. The number of hydrogen-bond donors (Lipinski definition) is 2. The van der Waals surface area contributed by atoms with Crippen LogP contribution in [0.1, 0.15) is 24.0 Å². The van der Waals surface area contributed by atoms with E-state index in [2.05, 4.69) is 9.97 Å². The number of fused-ring (bicyclic) bond motifs is 3. The van der Waals surface area contributed by atoms with Crippen LogP contribution in [-0.2, 0) is 13.1 Å². The maximum atomic E-state index is 14.7. The Bertz CT molecular complexity index is 1300. The predicted octanol–water partition coefficient (Wildman–Crippen LogP) is 3.38. The van der Waals surface area contributed by atoms with Gasteiger partial charge in [0.2, 0.25) is 0 Å². The van der Waals surface area contributed by atoms with Gasteiger partial charge in [0.1, 0.15) is 23.0 Å². The smallest absolute Gasteiger partial charge is 0.326 e. The molecule has 0 spiro atoms. The van der Waals surface area contributed by atoms with Gasteiger partial charge in [-0.05, 0) is 49.7 Å². The van der Waals surface area contributed by atoms with Crippen LogP contribution < -0.4 is 11.4 Å². The number of nitrogen functional groups attached to an aromatic ring is 1. The van der Waals surface area contributed by atoms with Gasteiger partial charge in [-0.2, -0.15) is 0 Å². The zero-order chi connectivity index (χ0) is 20.8. The number of nitrogens with one attached hydrogen (secondary N) is 1. The maximum absolute atomic E-state index is 14.7. The molecular formula is C22H21F2N5O. The molecule has 0 saturated carbocycles. The lowest BCUT2D eigenvalue weighted by atomic mass is 10.1. The van der Waals surface area contributed by atoms with Gasteiger partial charge in [-0.1, -0.05) is 18.2 Å². The number of likely N-dealkylation sites (tertiary alicyclic amines) is 1. The molecular weight excluding hydrogens is 388 g/mol. The molecule has 3 N–H and O–H groups in total. The van der Waals surface area contributed by atoms with Crippen molar-refractivity contribution in [3.05, 3.63) is 69.6 Å². The Hall–Kier alpha value is -3.26. The van der Waals surface area contributed by atoms with Crippen LogP contribution in [0.5, 0.6) is 0 Å². The van der Waals surface area contributed by atoms with Crippen molar-refractivity contribution in [3.8, 4) is 0 Å². The summed E-state index contributed by atoms with van der Waals surface area (Å²) in [6.45, 7) is 1.99. The van der Waals surface area contributed by atoms with Gasteiger partial charge in [0, 0.05) is 17.5 Å². The molecule has 1 fully saturated rings. The van der Waals surface area contributed by atoms with E-state index in [9.17, 15) is 13.6 Å². The first-order chi connectivity index (χ1) is 14.5. The number of aromatic nitrogens is 3. The monoisotopic (exact) mass is 409 g/mol. The Morgan fingerprint density at radius 2 is 1.77 bits per heavy atom. The number of hydrogen-bond acceptors (Lipinski definition) is 4. The highest BCUT2D eigenvalue weighted by Crippen LogP contribution is 2.27. The van der Waals surface area contributed by atoms with Crippen molar-refractivity contribution < 1.29 is 8.78 Å². The number of nitrogens with two attached hydrogens (primary N) is 1. The summed E-state index contributed by atoms with van der Waals surface area (Å²) in [5.74, 6) is -0.968. The zero-order valence-corrected chi connectivity index (χ0v) is 16.3. The van der Waals surface area contributed by atoms with Crippen molar-refractivity contribution in [1.82, 2.24) is 19.4 Å². The summed E-state index contributed by atoms with van der Waals surface area (Å²) >= 11 is 0. The Morgan fingerprint density at radius 1 is 1.07 bits per heavy atom. The van der Waals surface area contributed by atoms with Crippen LogP contribution in [0.3, 0.4) is 0 Å². The number of aromatic amines is 1. The molecule has 1 aliphatic rings. The Kier molecular flexibility index (Phi) is 4.51. The quantitative estimate of drug-likeness (QED) is 0.542. The van der Waals surface area contributed by atoms with E-state index in [1.807, 2.05) is 23.1 Å². The molecule has 0 radical (unpaired) electrons. The first-order valence-corrected chi connectivity index (χ1v) is 9.97. The molecule has 0 unspecified atom stereocenters. The highest BCUT2D eigenvalue weighted by Gasteiger charge is 2.19. The Labute approximate surface area is 170 Å². The largest absolute Gasteiger partial charge is 0.382 e. The van der Waals surface area contributed by atoms with E-state index >= 15 is 0 Å². The summed E-state index contributed by atoms with van der Waals surface area (Å²) in [6.07, 6.45) is 2.10. The molecule has 0 bridgehead atoms. The summed E-state index contributed by atoms with van der Waals surface area (Å²) in [5.41, 5.74) is 7.71. The topological polar surface area (TPSA) is 79.9 Å². The second kappa shape index (κ2) is 7.21. The minimum absolute atomic E-state index is 0.0180. The number of H-pyrrole nitrogens is 1. The number of para-hydroxylation sites is 1. The molecule has 8 heteroatoms. The molecule has 0 atom stereocenters. The molecule has 2 aromatic carbocycles. The molecule has 1 saturated heterocycles. The lowest BCUT2D eigenvalue weighted by Gasteiger charge is -2.16. The van der Waals surface area contributed by atoms with E-state index in [1.54, 1.807) is 6.07 Å². The van der Waals surface area contributed by atoms with Crippen molar-refractivity contribution >= 4 is 27.8 Å². The van der Waals surface area contributed by atoms with Crippen molar-refractivity contribution in [2.24, 2.45) is 0 Å². The fourth-order valence-corrected chi connectivity index (χ4v) is 4.29. The number of rotatable bonds is 4. The Morgan fingerprint density at radius 3 is 2.50 bits per heavy atom. The third-order valence-electron chi connectivity index (χ3n) is 5.76. The highest BCUT2D eigenvalue weighted by molar-refractivity contribution is 6.06. The normalized spacial score (nSPS) is 14.9. The average molecular weight is 409 g/mol. The number of anilines is 1. The van der Waals surface area contributed by atoms with Gasteiger partial charge in [-0.15, -0.1) is 0 Å². The molecule has 0 aliphatic carbocycles. The highest BCUT2D eigenvalue weighted by atomic mass is 19.1. The molecule has 6 nitrogen and oxygen atoms in total. The second-order valence-electron chi connectivity index (χ2n) is 7.78. The van der Waals surface area contributed by atoms with E-state index in [-0.39, 0.29) is 24.5 Å². The minimum atomic E-state index is -0.587. The summed E-state index contributed by atoms with van der Waals surface area (Å²) in [7, 11) is 0. The van der Waals surface area contributed by atoms with Crippen LogP contribution in [0.25, 0.3) is 21.9 Å². The summed E-state index contributed by atoms with van der Waals surface area (Å²) in [4.78, 5) is 21.7. The minimum Gasteiger partial charge on any atom is -0.382 e. The third kappa shape index (κ3) is 3.13.